The minimum Gasteiger partial charge on any atom is -0.340 e. The summed E-state index contributed by atoms with van der Waals surface area (Å²) in [5.74, 6) is 0.220. The number of hydrogen-bond donors (Lipinski definition) is 0. The highest BCUT2D eigenvalue weighted by atomic mass is 32.1. The Labute approximate surface area is 144 Å². The minimum atomic E-state index is 0.220. The first-order chi connectivity index (χ1) is 11.7. The number of fused-ring (bicyclic) bond motifs is 1. The predicted molar refractivity (Wildman–Crippen MR) is 92.8 cm³/mol. The molecular weight excluding hydrogens is 322 g/mol. The van der Waals surface area contributed by atoms with Gasteiger partial charge in [-0.05, 0) is 37.8 Å². The molecule has 0 radical (unpaired) electrons. The molecule has 3 aromatic rings. The smallest absolute Gasteiger partial charge is 0.234 e. The number of nitrogens with zero attached hydrogens (tertiary/aromatic N) is 5. The van der Waals surface area contributed by atoms with Crippen LogP contribution in [0.2, 0.25) is 0 Å². The van der Waals surface area contributed by atoms with Gasteiger partial charge in [0.1, 0.15) is 11.3 Å². The molecule has 0 N–H and O–H groups in total. The molecule has 1 fully saturated rings. The fourth-order valence-corrected chi connectivity index (χ4v) is 4.05. The molecule has 1 aromatic carbocycles. The van der Waals surface area contributed by atoms with Gasteiger partial charge in [-0.2, -0.15) is 9.61 Å². The van der Waals surface area contributed by atoms with E-state index < -0.39 is 0 Å². The van der Waals surface area contributed by atoms with Crippen LogP contribution in [-0.2, 0) is 11.2 Å². The van der Waals surface area contributed by atoms with Crippen molar-refractivity contribution < 1.29 is 4.79 Å². The van der Waals surface area contributed by atoms with Gasteiger partial charge in [0.15, 0.2) is 0 Å². The van der Waals surface area contributed by atoms with Crippen molar-refractivity contribution in [3.8, 4) is 10.6 Å². The van der Waals surface area contributed by atoms with Gasteiger partial charge in [-0.25, -0.2) is 0 Å². The van der Waals surface area contributed by atoms with Crippen LogP contribution in [0.5, 0.6) is 0 Å². The lowest BCUT2D eigenvalue weighted by molar-refractivity contribution is -0.133. The Bertz CT molecular complexity index is 842. The Hall–Kier alpha value is -2.28. The van der Waals surface area contributed by atoms with E-state index in [0.717, 1.165) is 40.5 Å². The fourth-order valence-electron chi connectivity index (χ4n) is 3.24. The molecule has 1 saturated heterocycles. The van der Waals surface area contributed by atoms with Crippen molar-refractivity contribution >= 4 is 22.2 Å². The maximum atomic E-state index is 12.6. The number of amides is 1. The van der Waals surface area contributed by atoms with Gasteiger partial charge < -0.3 is 4.90 Å². The molecule has 24 heavy (non-hydrogen) atoms. The summed E-state index contributed by atoms with van der Waals surface area (Å²) in [4.78, 5) is 15.4. The van der Waals surface area contributed by atoms with Crippen LogP contribution >= 0.6 is 11.3 Å². The summed E-state index contributed by atoms with van der Waals surface area (Å²) in [6.45, 7) is 3.03. The molecule has 1 amide bonds. The van der Waals surface area contributed by atoms with Crippen LogP contribution in [0, 0.1) is 0 Å². The zero-order valence-electron chi connectivity index (χ0n) is 13.6. The summed E-state index contributed by atoms with van der Waals surface area (Å²) in [6.07, 6.45) is 5.49. The largest absolute Gasteiger partial charge is 0.340 e. The molecule has 1 aliphatic rings. The van der Waals surface area contributed by atoms with Gasteiger partial charge >= 0.3 is 0 Å². The topological polar surface area (TPSA) is 63.4 Å². The van der Waals surface area contributed by atoms with E-state index in [1.807, 2.05) is 23.1 Å². The Morgan fingerprint density at radius 1 is 1.38 bits per heavy atom. The van der Waals surface area contributed by atoms with Crippen molar-refractivity contribution in [2.45, 2.75) is 38.6 Å². The monoisotopic (exact) mass is 341 g/mol. The van der Waals surface area contributed by atoms with Crippen molar-refractivity contribution in [2.75, 3.05) is 6.54 Å². The first-order valence-corrected chi connectivity index (χ1v) is 9.08. The van der Waals surface area contributed by atoms with Gasteiger partial charge in [0.25, 0.3) is 0 Å². The van der Waals surface area contributed by atoms with Crippen LogP contribution in [0.3, 0.4) is 0 Å². The second-order valence-electron chi connectivity index (χ2n) is 6.27. The Balaban J connectivity index is 1.54. The molecule has 3 heterocycles. The fraction of sp³-hybridized carbons (Fsp3) is 0.412. The summed E-state index contributed by atoms with van der Waals surface area (Å²) >= 11 is 1.50. The normalized spacial score (nSPS) is 18.2. The predicted octanol–water partition coefficient (Wildman–Crippen LogP) is 2.80. The van der Waals surface area contributed by atoms with Crippen LogP contribution in [0.25, 0.3) is 15.5 Å². The van der Waals surface area contributed by atoms with E-state index in [-0.39, 0.29) is 5.91 Å². The minimum absolute atomic E-state index is 0.220. The van der Waals surface area contributed by atoms with Crippen LogP contribution in [0.1, 0.15) is 31.7 Å². The van der Waals surface area contributed by atoms with E-state index in [9.17, 15) is 4.79 Å². The molecule has 0 spiro atoms. The van der Waals surface area contributed by atoms with Crippen molar-refractivity contribution in [3.63, 3.8) is 0 Å². The second kappa shape index (κ2) is 6.32. The maximum absolute atomic E-state index is 12.6. The molecule has 6 nitrogen and oxygen atoms in total. The standard InChI is InChI=1S/C17H19N5OS/c1-12-5-2-3-8-21(12)15(23)10-13-6-4-7-14(9-13)16-20-22-11-18-19-17(22)24-16/h4,6-7,9,11-12H,2-3,5,8,10H2,1H3/t12-/m0/s1. The Morgan fingerprint density at radius 2 is 2.29 bits per heavy atom. The number of carbonyl (C=O) groups excluding carboxylic acids is 1. The number of benzene rings is 1. The third kappa shape index (κ3) is 2.91. The summed E-state index contributed by atoms with van der Waals surface area (Å²) in [5, 5.41) is 13.2. The second-order valence-corrected chi connectivity index (χ2v) is 7.23. The highest BCUT2D eigenvalue weighted by Crippen LogP contribution is 2.26. The van der Waals surface area contributed by atoms with E-state index in [2.05, 4.69) is 28.3 Å². The maximum Gasteiger partial charge on any atom is 0.234 e. The summed E-state index contributed by atoms with van der Waals surface area (Å²) < 4.78 is 1.67. The van der Waals surface area contributed by atoms with Crippen LogP contribution < -0.4 is 0 Å². The van der Waals surface area contributed by atoms with E-state index in [1.165, 1.54) is 17.8 Å². The van der Waals surface area contributed by atoms with E-state index in [4.69, 9.17) is 0 Å². The highest BCUT2D eigenvalue weighted by molar-refractivity contribution is 7.19. The summed E-state index contributed by atoms with van der Waals surface area (Å²) in [6, 6.07) is 8.42. The van der Waals surface area contributed by atoms with Crippen molar-refractivity contribution in [1.82, 2.24) is 24.7 Å². The lowest BCUT2D eigenvalue weighted by atomic mass is 10.0. The van der Waals surface area contributed by atoms with E-state index >= 15 is 0 Å². The molecule has 1 aliphatic heterocycles. The third-order valence-electron chi connectivity index (χ3n) is 4.54. The van der Waals surface area contributed by atoms with Gasteiger partial charge in [-0.1, -0.05) is 29.5 Å². The van der Waals surface area contributed by atoms with Gasteiger partial charge in [0.2, 0.25) is 10.9 Å². The van der Waals surface area contributed by atoms with Crippen molar-refractivity contribution in [1.29, 1.82) is 0 Å². The van der Waals surface area contributed by atoms with E-state index in [1.54, 1.807) is 10.8 Å². The van der Waals surface area contributed by atoms with Gasteiger partial charge in [-0.15, -0.1) is 10.2 Å². The Kier molecular flexibility index (Phi) is 4.02. The Morgan fingerprint density at radius 3 is 3.12 bits per heavy atom. The number of aromatic nitrogens is 4. The SMILES string of the molecule is C[C@H]1CCCCN1C(=O)Cc1cccc(-c2nn3cnnc3s2)c1. The molecule has 0 unspecified atom stereocenters. The zero-order valence-corrected chi connectivity index (χ0v) is 14.4. The van der Waals surface area contributed by atoms with Crippen LogP contribution in [0.4, 0.5) is 0 Å². The zero-order chi connectivity index (χ0) is 16.5. The molecule has 0 saturated carbocycles. The number of likely N-dealkylation sites (tertiary alicyclic amines) is 1. The van der Waals surface area contributed by atoms with Crippen LogP contribution in [-0.4, -0.2) is 43.2 Å². The van der Waals surface area contributed by atoms with Crippen molar-refractivity contribution in [2.24, 2.45) is 0 Å². The van der Waals surface area contributed by atoms with Crippen molar-refractivity contribution in [3.05, 3.63) is 36.2 Å². The molecule has 0 aliphatic carbocycles. The summed E-state index contributed by atoms with van der Waals surface area (Å²) in [5.41, 5.74) is 2.05. The molecule has 4 rings (SSSR count). The van der Waals surface area contributed by atoms with E-state index in [0.29, 0.717) is 12.5 Å². The van der Waals surface area contributed by atoms with Crippen LogP contribution in [0.15, 0.2) is 30.6 Å². The molecule has 2 aromatic heterocycles. The number of hydrogen-bond acceptors (Lipinski definition) is 5. The lowest BCUT2D eigenvalue weighted by Gasteiger charge is -2.33. The lowest BCUT2D eigenvalue weighted by Crippen LogP contribution is -2.42. The number of rotatable bonds is 3. The molecular formula is C17H19N5OS. The average Bonchev–Trinajstić information content (AvgIpc) is 3.17. The molecule has 0 bridgehead atoms. The average molecular weight is 341 g/mol. The number of piperidine rings is 1. The van der Waals surface area contributed by atoms with Gasteiger partial charge in [-0.3, -0.25) is 4.79 Å². The highest BCUT2D eigenvalue weighted by Gasteiger charge is 2.23. The first-order valence-electron chi connectivity index (χ1n) is 8.26. The quantitative estimate of drug-likeness (QED) is 0.735. The molecule has 124 valence electrons. The van der Waals surface area contributed by atoms with Gasteiger partial charge in [0, 0.05) is 18.2 Å². The first kappa shape index (κ1) is 15.3. The molecule has 7 heteroatoms. The summed E-state index contributed by atoms with van der Waals surface area (Å²) in [7, 11) is 0. The van der Waals surface area contributed by atoms with Gasteiger partial charge in [0.05, 0.1) is 6.42 Å². The third-order valence-corrected chi connectivity index (χ3v) is 5.50. The molecule has 1 atom stereocenters. The number of carbonyl (C=O) groups is 1.